The Kier molecular flexibility index (Phi) is 4.84. The topological polar surface area (TPSA) is 85.8 Å². The number of nitrogens with zero attached hydrogens (tertiary/aromatic N) is 3. The zero-order valence-electron chi connectivity index (χ0n) is 11.5. The van der Waals surface area contributed by atoms with Gasteiger partial charge in [-0.15, -0.1) is 0 Å². The van der Waals surface area contributed by atoms with E-state index in [0.717, 1.165) is 17.7 Å². The van der Waals surface area contributed by atoms with Crippen LogP contribution in [0.25, 0.3) is 0 Å². The van der Waals surface area contributed by atoms with E-state index in [1.165, 1.54) is 6.33 Å². The summed E-state index contributed by atoms with van der Waals surface area (Å²) in [5.74, 6) is -0.155. The van der Waals surface area contributed by atoms with Crippen molar-refractivity contribution in [2.24, 2.45) is 5.73 Å². The number of para-hydroxylation sites is 1. The number of hydrogen-bond acceptors (Lipinski definition) is 4. The predicted molar refractivity (Wildman–Crippen MR) is 77.1 cm³/mol. The Morgan fingerprint density at radius 1 is 1.45 bits per heavy atom. The van der Waals surface area contributed by atoms with E-state index in [1.807, 2.05) is 31.2 Å². The lowest BCUT2D eigenvalue weighted by Gasteiger charge is -2.14. The molecule has 3 N–H and O–H groups in total. The normalized spacial score (nSPS) is 12.1. The van der Waals surface area contributed by atoms with E-state index in [-0.39, 0.29) is 5.91 Å². The fourth-order valence-corrected chi connectivity index (χ4v) is 1.94. The number of hydrogen-bond donors (Lipinski definition) is 2. The summed E-state index contributed by atoms with van der Waals surface area (Å²) >= 11 is 0. The van der Waals surface area contributed by atoms with Gasteiger partial charge in [0.15, 0.2) is 0 Å². The van der Waals surface area contributed by atoms with Gasteiger partial charge in [0.05, 0.1) is 12.6 Å². The number of aromatic nitrogens is 3. The molecular weight excluding hydrogens is 254 g/mol. The molecule has 6 nitrogen and oxygen atoms in total. The molecule has 1 heterocycles. The lowest BCUT2D eigenvalue weighted by Crippen LogP contribution is -2.35. The Labute approximate surface area is 118 Å². The van der Waals surface area contributed by atoms with E-state index in [2.05, 4.69) is 15.4 Å². The molecule has 0 saturated heterocycles. The van der Waals surface area contributed by atoms with Crippen molar-refractivity contribution in [1.29, 1.82) is 0 Å². The maximum absolute atomic E-state index is 12.0. The molecule has 0 radical (unpaired) electrons. The standard InChI is InChI=1S/C14H19N5O/c1-2-5-12(15)14(20)18-13-7-4-3-6-11(13)8-19-10-16-9-17-19/h3-4,6-7,9-10,12H,2,5,8,15H2,1H3,(H,18,20). The number of anilines is 1. The summed E-state index contributed by atoms with van der Waals surface area (Å²) in [5, 5.41) is 6.95. The maximum atomic E-state index is 12.0. The van der Waals surface area contributed by atoms with Crippen LogP contribution in [0.4, 0.5) is 5.69 Å². The second kappa shape index (κ2) is 6.81. The molecule has 6 heteroatoms. The van der Waals surface area contributed by atoms with Crippen LogP contribution in [0.3, 0.4) is 0 Å². The minimum absolute atomic E-state index is 0.155. The Bertz CT molecular complexity index is 552. The highest BCUT2D eigenvalue weighted by atomic mass is 16.2. The number of carbonyl (C=O) groups excluding carboxylic acids is 1. The SMILES string of the molecule is CCCC(N)C(=O)Nc1ccccc1Cn1cncn1. The third-order valence-corrected chi connectivity index (χ3v) is 3.01. The van der Waals surface area contributed by atoms with Gasteiger partial charge in [-0.1, -0.05) is 31.5 Å². The van der Waals surface area contributed by atoms with Gasteiger partial charge in [-0.3, -0.25) is 4.79 Å². The van der Waals surface area contributed by atoms with Crippen LogP contribution in [-0.4, -0.2) is 26.7 Å². The van der Waals surface area contributed by atoms with E-state index in [9.17, 15) is 4.79 Å². The molecule has 0 spiro atoms. The van der Waals surface area contributed by atoms with Crippen molar-refractivity contribution in [3.8, 4) is 0 Å². The summed E-state index contributed by atoms with van der Waals surface area (Å²) in [5.41, 5.74) is 7.55. The molecule has 0 aliphatic rings. The molecule has 106 valence electrons. The van der Waals surface area contributed by atoms with Gasteiger partial charge in [0.1, 0.15) is 12.7 Å². The molecule has 1 aromatic carbocycles. The number of rotatable bonds is 6. The van der Waals surface area contributed by atoms with Gasteiger partial charge in [-0.2, -0.15) is 5.10 Å². The highest BCUT2D eigenvalue weighted by Gasteiger charge is 2.14. The summed E-state index contributed by atoms with van der Waals surface area (Å²) in [7, 11) is 0. The van der Waals surface area contributed by atoms with Crippen LogP contribution in [0.2, 0.25) is 0 Å². The van der Waals surface area contributed by atoms with Gasteiger partial charge >= 0.3 is 0 Å². The molecule has 2 rings (SSSR count). The van der Waals surface area contributed by atoms with Crippen molar-refractivity contribution >= 4 is 11.6 Å². The van der Waals surface area contributed by atoms with Crippen molar-refractivity contribution in [3.63, 3.8) is 0 Å². The summed E-state index contributed by atoms with van der Waals surface area (Å²) in [6.45, 7) is 2.56. The molecule has 0 saturated carbocycles. The van der Waals surface area contributed by atoms with Gasteiger partial charge in [-0.25, -0.2) is 9.67 Å². The first kappa shape index (κ1) is 14.2. The summed E-state index contributed by atoms with van der Waals surface area (Å²) in [4.78, 5) is 15.9. The molecule has 20 heavy (non-hydrogen) atoms. The molecule has 1 atom stereocenters. The van der Waals surface area contributed by atoms with Crippen LogP contribution in [0.15, 0.2) is 36.9 Å². The molecule has 0 aliphatic heterocycles. The smallest absolute Gasteiger partial charge is 0.241 e. The number of nitrogens with one attached hydrogen (secondary N) is 1. The van der Waals surface area contributed by atoms with Gasteiger partial charge in [0, 0.05) is 5.69 Å². The fourth-order valence-electron chi connectivity index (χ4n) is 1.94. The second-order valence-corrected chi connectivity index (χ2v) is 4.63. The first-order valence-electron chi connectivity index (χ1n) is 6.67. The number of carbonyl (C=O) groups is 1. The van der Waals surface area contributed by atoms with Crippen molar-refractivity contribution < 1.29 is 4.79 Å². The van der Waals surface area contributed by atoms with E-state index >= 15 is 0 Å². The van der Waals surface area contributed by atoms with E-state index in [4.69, 9.17) is 5.73 Å². The van der Waals surface area contributed by atoms with Crippen molar-refractivity contribution in [2.75, 3.05) is 5.32 Å². The van der Waals surface area contributed by atoms with Crippen LogP contribution in [0.1, 0.15) is 25.3 Å². The van der Waals surface area contributed by atoms with E-state index in [0.29, 0.717) is 13.0 Å². The Balaban J connectivity index is 2.09. The highest BCUT2D eigenvalue weighted by molar-refractivity contribution is 5.95. The van der Waals surface area contributed by atoms with E-state index in [1.54, 1.807) is 11.0 Å². The maximum Gasteiger partial charge on any atom is 0.241 e. The number of benzene rings is 1. The molecule has 2 aromatic rings. The van der Waals surface area contributed by atoms with Crippen LogP contribution in [0.5, 0.6) is 0 Å². The predicted octanol–water partition coefficient (Wildman–Crippen LogP) is 1.39. The highest BCUT2D eigenvalue weighted by Crippen LogP contribution is 2.16. The number of nitrogens with two attached hydrogens (primary N) is 1. The molecule has 0 fully saturated rings. The van der Waals surface area contributed by atoms with Gasteiger partial charge in [0.2, 0.25) is 5.91 Å². The molecule has 1 amide bonds. The van der Waals surface area contributed by atoms with Crippen molar-refractivity contribution in [3.05, 3.63) is 42.5 Å². The lowest BCUT2D eigenvalue weighted by molar-refractivity contribution is -0.117. The van der Waals surface area contributed by atoms with E-state index < -0.39 is 6.04 Å². The quantitative estimate of drug-likeness (QED) is 0.832. The average Bonchev–Trinajstić information content (AvgIpc) is 2.94. The monoisotopic (exact) mass is 273 g/mol. The zero-order chi connectivity index (χ0) is 14.4. The first-order chi connectivity index (χ1) is 9.70. The third kappa shape index (κ3) is 3.64. The summed E-state index contributed by atoms with van der Waals surface area (Å²) in [6.07, 6.45) is 4.69. The van der Waals surface area contributed by atoms with Crippen LogP contribution >= 0.6 is 0 Å². The molecule has 1 unspecified atom stereocenters. The largest absolute Gasteiger partial charge is 0.324 e. The Hall–Kier alpha value is -2.21. The average molecular weight is 273 g/mol. The second-order valence-electron chi connectivity index (χ2n) is 4.63. The fraction of sp³-hybridized carbons (Fsp3) is 0.357. The van der Waals surface area contributed by atoms with Gasteiger partial charge < -0.3 is 11.1 Å². The summed E-state index contributed by atoms with van der Waals surface area (Å²) < 4.78 is 1.71. The van der Waals surface area contributed by atoms with Crippen molar-refractivity contribution in [1.82, 2.24) is 14.8 Å². The van der Waals surface area contributed by atoms with Crippen LogP contribution < -0.4 is 11.1 Å². The molecule has 1 aromatic heterocycles. The lowest BCUT2D eigenvalue weighted by atomic mass is 10.1. The molecule has 0 bridgehead atoms. The summed E-state index contributed by atoms with van der Waals surface area (Å²) in [6, 6.07) is 7.14. The van der Waals surface area contributed by atoms with Crippen LogP contribution in [0, 0.1) is 0 Å². The minimum atomic E-state index is -0.473. The Morgan fingerprint density at radius 3 is 2.95 bits per heavy atom. The van der Waals surface area contributed by atoms with Crippen molar-refractivity contribution in [2.45, 2.75) is 32.4 Å². The van der Waals surface area contributed by atoms with Crippen LogP contribution in [-0.2, 0) is 11.3 Å². The minimum Gasteiger partial charge on any atom is -0.324 e. The Morgan fingerprint density at radius 2 is 2.25 bits per heavy atom. The van der Waals surface area contributed by atoms with Gasteiger partial charge in [0.25, 0.3) is 0 Å². The molecular formula is C14H19N5O. The van der Waals surface area contributed by atoms with Gasteiger partial charge in [-0.05, 0) is 18.1 Å². The zero-order valence-corrected chi connectivity index (χ0v) is 11.5. The number of amides is 1. The third-order valence-electron chi connectivity index (χ3n) is 3.01. The first-order valence-corrected chi connectivity index (χ1v) is 6.67. The molecule has 0 aliphatic carbocycles.